The number of hydrogen-bond donors (Lipinski definition) is 4. The first-order chi connectivity index (χ1) is 13.4. The first-order valence-corrected chi connectivity index (χ1v) is 9.49. The minimum atomic E-state index is -0.403. The molecule has 0 spiro atoms. The summed E-state index contributed by atoms with van der Waals surface area (Å²) in [6.07, 6.45) is 0.602. The van der Waals surface area contributed by atoms with Gasteiger partial charge in [-0.3, -0.25) is 4.79 Å². The number of carbonyl (C=O) groups excluding carboxylic acids is 3. The number of benzene rings is 1. The second kappa shape index (κ2) is 9.89. The number of hydrogen-bond acceptors (Lipinski definition) is 4. The average molecular weight is 389 g/mol. The molecule has 1 unspecified atom stereocenters. The van der Waals surface area contributed by atoms with E-state index < -0.39 is 5.97 Å². The normalized spacial score (nSPS) is 17.4. The van der Waals surface area contributed by atoms with Gasteiger partial charge in [-0.15, -0.1) is 0 Å². The summed E-state index contributed by atoms with van der Waals surface area (Å²) < 4.78 is 5.19. The van der Waals surface area contributed by atoms with Gasteiger partial charge in [-0.2, -0.15) is 0 Å². The summed E-state index contributed by atoms with van der Waals surface area (Å²) in [6, 6.07) is 6.71. The number of nitrogens with one attached hydrogen (secondary N) is 4. The third kappa shape index (κ3) is 5.32. The highest BCUT2D eigenvalue weighted by Gasteiger charge is 2.32. The molecular weight excluding hydrogens is 360 g/mol. The van der Waals surface area contributed by atoms with Crippen LogP contribution in [0.4, 0.5) is 4.79 Å². The molecule has 3 amide bonds. The minimum Gasteiger partial charge on any atom is -0.463 e. The van der Waals surface area contributed by atoms with Gasteiger partial charge in [0.05, 0.1) is 31.0 Å². The van der Waals surface area contributed by atoms with Gasteiger partial charge in [0.1, 0.15) is 13.1 Å². The molecule has 0 saturated carbocycles. The first kappa shape index (κ1) is 21.4. The smallest absolute Gasteiger partial charge is 0.338 e. The van der Waals surface area contributed by atoms with E-state index in [1.54, 1.807) is 26.1 Å². The molecule has 0 bridgehead atoms. The summed E-state index contributed by atoms with van der Waals surface area (Å²) in [5.74, 6) is -0.529. The number of urea groups is 1. The summed E-state index contributed by atoms with van der Waals surface area (Å²) in [5, 5.41) is 8.14. The number of quaternary nitrogens is 1. The van der Waals surface area contributed by atoms with Crippen LogP contribution in [0.25, 0.3) is 0 Å². The molecule has 8 nitrogen and oxygen atoms in total. The zero-order valence-electron chi connectivity index (χ0n) is 16.8. The standard InChI is InChI=1S/C20H28N4O4/c1-5-15-17(19(26)28-6-2)16(23-20(27)22-15)12-24(4)11-13-7-9-14(10-8-13)18(25)21-3/h7-10,15H,5-6,11-12H2,1-4H3,(H,21,25)(H2,22,23,27)/p+1/t15-/m1/s1. The summed E-state index contributed by atoms with van der Waals surface area (Å²) in [5.41, 5.74) is 2.73. The van der Waals surface area contributed by atoms with E-state index in [1.807, 2.05) is 26.1 Å². The van der Waals surface area contributed by atoms with Crippen molar-refractivity contribution in [1.82, 2.24) is 16.0 Å². The van der Waals surface area contributed by atoms with Crippen molar-refractivity contribution in [2.45, 2.75) is 32.9 Å². The Hall–Kier alpha value is -2.87. The number of rotatable bonds is 8. The first-order valence-electron chi connectivity index (χ1n) is 9.49. The second-order valence-electron chi connectivity index (χ2n) is 6.76. The van der Waals surface area contributed by atoms with Crippen LogP contribution in [0, 0.1) is 0 Å². The second-order valence-corrected chi connectivity index (χ2v) is 6.76. The van der Waals surface area contributed by atoms with Gasteiger partial charge in [0.25, 0.3) is 5.91 Å². The van der Waals surface area contributed by atoms with Crippen LogP contribution >= 0.6 is 0 Å². The van der Waals surface area contributed by atoms with Crippen LogP contribution in [0.2, 0.25) is 0 Å². The molecule has 0 radical (unpaired) electrons. The van der Waals surface area contributed by atoms with Gasteiger partial charge >= 0.3 is 12.0 Å². The largest absolute Gasteiger partial charge is 0.463 e. The fourth-order valence-corrected chi connectivity index (χ4v) is 3.23. The van der Waals surface area contributed by atoms with Crippen molar-refractivity contribution in [3.63, 3.8) is 0 Å². The molecule has 2 atom stereocenters. The van der Waals surface area contributed by atoms with E-state index in [0.717, 1.165) is 10.5 Å². The van der Waals surface area contributed by atoms with E-state index in [9.17, 15) is 14.4 Å². The molecular formula is C20H29N4O4+. The molecule has 0 aliphatic carbocycles. The number of amides is 3. The molecule has 0 fully saturated rings. The summed E-state index contributed by atoms with van der Waals surface area (Å²) >= 11 is 0. The Morgan fingerprint density at radius 1 is 1.18 bits per heavy atom. The van der Waals surface area contributed by atoms with E-state index in [2.05, 4.69) is 16.0 Å². The molecule has 1 aromatic rings. The lowest BCUT2D eigenvalue weighted by atomic mass is 10.00. The Labute approximate surface area is 165 Å². The van der Waals surface area contributed by atoms with Gasteiger partial charge in [-0.1, -0.05) is 19.1 Å². The molecule has 28 heavy (non-hydrogen) atoms. The zero-order chi connectivity index (χ0) is 20.7. The maximum atomic E-state index is 12.4. The third-order valence-corrected chi connectivity index (χ3v) is 4.57. The van der Waals surface area contributed by atoms with Gasteiger partial charge in [0, 0.05) is 18.2 Å². The molecule has 8 heteroatoms. The number of carbonyl (C=O) groups is 3. The van der Waals surface area contributed by atoms with Crippen LogP contribution in [-0.2, 0) is 16.1 Å². The highest BCUT2D eigenvalue weighted by Crippen LogP contribution is 2.16. The quantitative estimate of drug-likeness (QED) is 0.469. The molecule has 1 aliphatic heterocycles. The lowest BCUT2D eigenvalue weighted by Gasteiger charge is -2.29. The predicted octanol–water partition coefficient (Wildman–Crippen LogP) is -0.0305. The summed E-state index contributed by atoms with van der Waals surface area (Å²) in [6.45, 7) is 5.09. The Balaban J connectivity index is 2.16. The van der Waals surface area contributed by atoms with Crippen LogP contribution in [0.1, 0.15) is 36.2 Å². The molecule has 1 aliphatic rings. The third-order valence-electron chi connectivity index (χ3n) is 4.57. The Kier molecular flexibility index (Phi) is 7.57. The number of esters is 1. The van der Waals surface area contributed by atoms with Crippen LogP contribution in [-0.4, -0.2) is 51.2 Å². The number of likely N-dealkylation sites (N-methyl/N-ethyl adjacent to an activating group) is 1. The monoisotopic (exact) mass is 389 g/mol. The lowest BCUT2D eigenvalue weighted by molar-refractivity contribution is -0.889. The van der Waals surface area contributed by atoms with Crippen molar-refractivity contribution < 1.29 is 24.0 Å². The van der Waals surface area contributed by atoms with Gasteiger partial charge in [-0.25, -0.2) is 9.59 Å². The average Bonchev–Trinajstić information content (AvgIpc) is 2.67. The predicted molar refractivity (Wildman–Crippen MR) is 105 cm³/mol. The van der Waals surface area contributed by atoms with E-state index in [0.29, 0.717) is 36.3 Å². The fraction of sp³-hybridized carbons (Fsp3) is 0.450. The van der Waals surface area contributed by atoms with Crippen molar-refractivity contribution in [2.75, 3.05) is 27.2 Å². The zero-order valence-corrected chi connectivity index (χ0v) is 16.8. The number of ether oxygens (including phenoxy) is 1. The minimum absolute atomic E-state index is 0.125. The molecule has 152 valence electrons. The van der Waals surface area contributed by atoms with Crippen LogP contribution in [0.15, 0.2) is 35.5 Å². The van der Waals surface area contributed by atoms with Crippen molar-refractivity contribution >= 4 is 17.9 Å². The van der Waals surface area contributed by atoms with Crippen LogP contribution < -0.4 is 20.9 Å². The van der Waals surface area contributed by atoms with Crippen molar-refractivity contribution in [2.24, 2.45) is 0 Å². The highest BCUT2D eigenvalue weighted by atomic mass is 16.5. The molecule has 1 aromatic carbocycles. The van der Waals surface area contributed by atoms with Crippen LogP contribution in [0.5, 0.6) is 0 Å². The Morgan fingerprint density at radius 2 is 1.86 bits per heavy atom. The maximum Gasteiger partial charge on any atom is 0.338 e. The highest BCUT2D eigenvalue weighted by molar-refractivity contribution is 5.95. The van der Waals surface area contributed by atoms with E-state index >= 15 is 0 Å². The van der Waals surface area contributed by atoms with Gasteiger partial charge in [0.2, 0.25) is 0 Å². The molecule has 0 saturated heterocycles. The van der Waals surface area contributed by atoms with Crippen molar-refractivity contribution in [3.05, 3.63) is 46.7 Å². The van der Waals surface area contributed by atoms with E-state index in [1.165, 1.54) is 0 Å². The summed E-state index contributed by atoms with van der Waals surface area (Å²) in [7, 11) is 3.58. The fourth-order valence-electron chi connectivity index (χ4n) is 3.23. The lowest BCUT2D eigenvalue weighted by Crippen LogP contribution is -3.08. The topological polar surface area (TPSA) is 101 Å². The van der Waals surface area contributed by atoms with Crippen molar-refractivity contribution in [1.29, 1.82) is 0 Å². The Morgan fingerprint density at radius 3 is 2.43 bits per heavy atom. The SMILES string of the molecule is CCOC(=O)C1=C(C[NH+](C)Cc2ccc(C(=O)NC)cc2)NC(=O)N[C@@H]1CC. The van der Waals surface area contributed by atoms with E-state index in [4.69, 9.17) is 4.74 Å². The van der Waals surface area contributed by atoms with Gasteiger partial charge in [0.15, 0.2) is 0 Å². The summed E-state index contributed by atoms with van der Waals surface area (Å²) in [4.78, 5) is 37.1. The van der Waals surface area contributed by atoms with Crippen LogP contribution in [0.3, 0.4) is 0 Å². The van der Waals surface area contributed by atoms with Crippen molar-refractivity contribution in [3.8, 4) is 0 Å². The maximum absolute atomic E-state index is 12.4. The van der Waals surface area contributed by atoms with Gasteiger partial charge < -0.3 is 25.6 Å². The Bertz CT molecular complexity index is 758. The van der Waals surface area contributed by atoms with Gasteiger partial charge in [-0.05, 0) is 25.5 Å². The molecule has 1 heterocycles. The molecule has 2 rings (SSSR count). The molecule has 0 aromatic heterocycles. The molecule has 4 N–H and O–H groups in total. The van der Waals surface area contributed by atoms with E-state index in [-0.39, 0.29) is 24.6 Å².